The van der Waals surface area contributed by atoms with E-state index in [9.17, 15) is 0 Å². The van der Waals surface area contributed by atoms with Gasteiger partial charge in [0.05, 0.1) is 0 Å². The van der Waals surface area contributed by atoms with E-state index < -0.39 is 0 Å². The Morgan fingerprint density at radius 3 is 2.56 bits per heavy atom. The summed E-state index contributed by atoms with van der Waals surface area (Å²) in [6, 6.07) is 0. The highest BCUT2D eigenvalue weighted by molar-refractivity contribution is 4.87. The zero-order valence-electron chi connectivity index (χ0n) is 6.48. The second-order valence-electron chi connectivity index (χ2n) is 3.65. The number of nitrogens with two attached hydrogens (primary N) is 1. The molecule has 0 aromatic rings. The van der Waals surface area contributed by atoms with Gasteiger partial charge in [0.2, 0.25) is 0 Å². The summed E-state index contributed by atoms with van der Waals surface area (Å²) in [6.07, 6.45) is 5.26. The van der Waals surface area contributed by atoms with Crippen molar-refractivity contribution in [2.75, 3.05) is 0 Å². The molecule has 1 fully saturated rings. The summed E-state index contributed by atoms with van der Waals surface area (Å²) < 4.78 is 0. The molecule has 56 valence electrons. The van der Waals surface area contributed by atoms with Crippen LogP contribution in [0.2, 0.25) is 0 Å². The molecule has 1 rings (SSSR count). The fraction of sp³-hybridized carbons (Fsp3) is 1.00. The van der Waals surface area contributed by atoms with Crippen molar-refractivity contribution in [3.05, 3.63) is 0 Å². The second-order valence-corrected chi connectivity index (χ2v) is 3.65. The Hall–Kier alpha value is -0.0400. The number of hydrogen-bond acceptors (Lipinski definition) is 1. The lowest BCUT2D eigenvalue weighted by Gasteiger charge is -2.35. The van der Waals surface area contributed by atoms with Gasteiger partial charge < -0.3 is 5.73 Å². The molecule has 9 heavy (non-hydrogen) atoms. The van der Waals surface area contributed by atoms with E-state index in [-0.39, 0.29) is 6.97 Å². The van der Waals surface area contributed by atoms with Gasteiger partial charge in [0, 0.05) is 6.97 Å². The summed E-state index contributed by atoms with van der Waals surface area (Å²) in [5, 5.41) is 0. The van der Waals surface area contributed by atoms with Crippen LogP contribution in [0, 0.1) is 5.92 Å². The van der Waals surface area contributed by atoms with E-state index in [2.05, 4.69) is 13.8 Å². The highest BCUT2D eigenvalue weighted by Gasteiger charge is 2.28. The van der Waals surface area contributed by atoms with Crippen molar-refractivity contribution in [3.63, 3.8) is 0 Å². The fourth-order valence-corrected chi connectivity index (χ4v) is 1.53. The van der Waals surface area contributed by atoms with Crippen molar-refractivity contribution in [2.24, 2.45) is 11.7 Å². The lowest BCUT2D eigenvalue weighted by Crippen LogP contribution is -2.44. The van der Waals surface area contributed by atoms with Gasteiger partial charge in [-0.05, 0) is 25.7 Å². The third-order valence-electron chi connectivity index (χ3n) is 2.73. The molecule has 0 radical (unpaired) electrons. The molecule has 0 saturated heterocycles. The van der Waals surface area contributed by atoms with Crippen molar-refractivity contribution >= 4 is 0 Å². The molecule has 2 N–H and O–H groups in total. The minimum atomic E-state index is 0. The third-order valence-corrected chi connectivity index (χ3v) is 2.73. The summed E-state index contributed by atoms with van der Waals surface area (Å²) in [5.74, 6) is 0.728. The van der Waals surface area contributed by atoms with Crippen molar-refractivity contribution in [2.45, 2.75) is 45.1 Å². The first-order valence-corrected chi connectivity index (χ1v) is 3.92. The number of hydrogen-bond donors (Lipinski definition) is 1. The van der Waals surface area contributed by atoms with Crippen LogP contribution in [0.15, 0.2) is 0 Å². The third kappa shape index (κ3) is 1.45. The van der Waals surface area contributed by atoms with Gasteiger partial charge >= 0.3 is 0 Å². The van der Waals surface area contributed by atoms with Gasteiger partial charge in [-0.3, -0.25) is 0 Å². The molecular weight excluding hydrogens is 110 g/mol. The molecule has 1 aliphatic carbocycles. The fourth-order valence-electron chi connectivity index (χ4n) is 1.53. The zero-order chi connectivity index (χ0) is 6.91. The molecular formula is C8H19N. The van der Waals surface area contributed by atoms with Gasteiger partial charge in [-0.15, -0.1) is 0 Å². The predicted molar refractivity (Wildman–Crippen MR) is 42.3 cm³/mol. The molecule has 1 saturated carbocycles. The van der Waals surface area contributed by atoms with Crippen LogP contribution in [0.4, 0.5) is 0 Å². The molecule has 1 heteroatoms. The second kappa shape index (κ2) is 2.30. The van der Waals surface area contributed by atoms with E-state index in [0.717, 1.165) is 5.92 Å². The standard InChI is InChI=1S/C8H17N.H2/c1-7-5-3-4-6-8(7,2)9;/h7H,3-6,9H2,1-2H3;1H. The maximum Gasteiger partial charge on any atom is 0.0151 e. The van der Waals surface area contributed by atoms with Gasteiger partial charge in [0.1, 0.15) is 0 Å². The van der Waals surface area contributed by atoms with Gasteiger partial charge in [-0.25, -0.2) is 0 Å². The molecule has 1 aliphatic rings. The monoisotopic (exact) mass is 129 g/mol. The Labute approximate surface area is 59.1 Å². The summed E-state index contributed by atoms with van der Waals surface area (Å²) in [7, 11) is 0. The average molecular weight is 129 g/mol. The Morgan fingerprint density at radius 2 is 2.22 bits per heavy atom. The van der Waals surface area contributed by atoms with Gasteiger partial charge in [0.25, 0.3) is 0 Å². The molecule has 0 aromatic heterocycles. The molecule has 1 nitrogen and oxygen atoms in total. The van der Waals surface area contributed by atoms with Crippen LogP contribution in [-0.2, 0) is 0 Å². The predicted octanol–water partition coefficient (Wildman–Crippen LogP) is 2.16. The van der Waals surface area contributed by atoms with Crippen LogP contribution in [0.1, 0.15) is 41.0 Å². The average Bonchev–Trinajstić information content (AvgIpc) is 1.77. The maximum absolute atomic E-state index is 6.02. The Bertz CT molecular complexity index is 101. The molecule has 0 amide bonds. The molecule has 0 aromatic carbocycles. The van der Waals surface area contributed by atoms with E-state index in [1.807, 2.05) is 0 Å². The summed E-state index contributed by atoms with van der Waals surface area (Å²) in [4.78, 5) is 0. The van der Waals surface area contributed by atoms with Crippen LogP contribution in [0.3, 0.4) is 0 Å². The highest BCUT2D eigenvalue weighted by atomic mass is 14.7. The van der Waals surface area contributed by atoms with Crippen molar-refractivity contribution < 1.29 is 1.43 Å². The SMILES string of the molecule is CC1CCCCC1(C)N.[HH]. The minimum absolute atomic E-state index is 0. The lowest BCUT2D eigenvalue weighted by atomic mass is 9.76. The first-order valence-electron chi connectivity index (χ1n) is 3.92. The summed E-state index contributed by atoms with van der Waals surface area (Å²) >= 11 is 0. The van der Waals surface area contributed by atoms with Crippen molar-refractivity contribution in [1.82, 2.24) is 0 Å². The number of rotatable bonds is 0. The topological polar surface area (TPSA) is 26.0 Å². The first kappa shape index (κ1) is 7.07. The molecule has 2 unspecified atom stereocenters. The van der Waals surface area contributed by atoms with E-state index in [1.165, 1.54) is 25.7 Å². The van der Waals surface area contributed by atoms with E-state index in [0.29, 0.717) is 0 Å². The van der Waals surface area contributed by atoms with Crippen LogP contribution >= 0.6 is 0 Å². The molecule has 0 spiro atoms. The molecule has 2 atom stereocenters. The lowest BCUT2D eigenvalue weighted by molar-refractivity contribution is 0.226. The van der Waals surface area contributed by atoms with Crippen LogP contribution in [0.25, 0.3) is 0 Å². The highest BCUT2D eigenvalue weighted by Crippen LogP contribution is 2.30. The van der Waals surface area contributed by atoms with E-state index in [4.69, 9.17) is 5.73 Å². The zero-order valence-corrected chi connectivity index (χ0v) is 6.48. The van der Waals surface area contributed by atoms with Crippen LogP contribution < -0.4 is 5.73 Å². The quantitative estimate of drug-likeness (QED) is 0.533. The molecule has 0 aliphatic heterocycles. The Balaban J connectivity index is 0.000000810. The van der Waals surface area contributed by atoms with Gasteiger partial charge in [0.15, 0.2) is 0 Å². The van der Waals surface area contributed by atoms with E-state index >= 15 is 0 Å². The Morgan fingerprint density at radius 1 is 1.56 bits per heavy atom. The largest absolute Gasteiger partial charge is 0.325 e. The van der Waals surface area contributed by atoms with Crippen LogP contribution in [0.5, 0.6) is 0 Å². The smallest absolute Gasteiger partial charge is 0.0151 e. The molecule has 0 bridgehead atoms. The molecule has 0 heterocycles. The maximum atomic E-state index is 6.02. The normalized spacial score (nSPS) is 45.0. The summed E-state index contributed by atoms with van der Waals surface area (Å²) in [5.41, 5.74) is 6.16. The first-order chi connectivity index (χ1) is 4.13. The van der Waals surface area contributed by atoms with Crippen molar-refractivity contribution in [1.29, 1.82) is 0 Å². The minimum Gasteiger partial charge on any atom is -0.325 e. The van der Waals surface area contributed by atoms with Gasteiger partial charge in [-0.1, -0.05) is 19.8 Å². The summed E-state index contributed by atoms with van der Waals surface area (Å²) in [6.45, 7) is 4.44. The Kier molecular flexibility index (Phi) is 1.80. The van der Waals surface area contributed by atoms with Crippen molar-refractivity contribution in [3.8, 4) is 0 Å². The van der Waals surface area contributed by atoms with E-state index in [1.54, 1.807) is 0 Å². The van der Waals surface area contributed by atoms with Crippen LogP contribution in [-0.4, -0.2) is 5.54 Å². The van der Waals surface area contributed by atoms with Gasteiger partial charge in [-0.2, -0.15) is 0 Å².